The number of ketones is 1. The van der Waals surface area contributed by atoms with Gasteiger partial charge < -0.3 is 10.6 Å². The van der Waals surface area contributed by atoms with Crippen LogP contribution in [0.2, 0.25) is 0 Å². The zero-order chi connectivity index (χ0) is 18.7. The topological polar surface area (TPSA) is 63.4 Å². The molecular weight excluding hydrogens is 360 g/mol. The van der Waals surface area contributed by atoms with E-state index < -0.39 is 5.54 Å². The van der Waals surface area contributed by atoms with E-state index in [1.807, 2.05) is 17.0 Å². The highest BCUT2D eigenvalue weighted by atomic mass is 35.5. The van der Waals surface area contributed by atoms with Crippen LogP contribution in [-0.2, 0) is 11.2 Å². The van der Waals surface area contributed by atoms with Crippen LogP contribution in [0.3, 0.4) is 0 Å². The van der Waals surface area contributed by atoms with Gasteiger partial charge in [-0.3, -0.25) is 9.59 Å². The molecule has 0 aromatic heterocycles. The molecule has 5 heteroatoms. The maximum atomic E-state index is 12.8. The molecule has 2 aliphatic rings. The molecule has 1 aliphatic carbocycles. The molecule has 0 radical (unpaired) electrons. The number of likely N-dealkylation sites (tertiary alicyclic amines) is 1. The van der Waals surface area contributed by atoms with E-state index >= 15 is 0 Å². The SMILES string of the molecule is CC(C)Cc1ccc(C(=O)C2CCN(C(=O)C3(N)CCCC3)CC2)cc1.Cl. The first kappa shape index (κ1) is 21.9. The molecule has 4 nitrogen and oxygen atoms in total. The van der Waals surface area contributed by atoms with Crippen LogP contribution in [0.5, 0.6) is 0 Å². The Bertz CT molecular complexity index is 643. The molecule has 1 saturated heterocycles. The van der Waals surface area contributed by atoms with Crippen molar-refractivity contribution in [2.75, 3.05) is 13.1 Å². The predicted octanol–water partition coefficient (Wildman–Crippen LogP) is 4.00. The van der Waals surface area contributed by atoms with Crippen molar-refractivity contribution < 1.29 is 9.59 Å². The number of halogens is 1. The summed E-state index contributed by atoms with van der Waals surface area (Å²) in [6.45, 7) is 5.70. The zero-order valence-electron chi connectivity index (χ0n) is 16.6. The Balaban J connectivity index is 0.00000261. The number of carbonyl (C=O) groups excluding carboxylic acids is 2. The van der Waals surface area contributed by atoms with Gasteiger partial charge in [0.25, 0.3) is 0 Å². The van der Waals surface area contributed by atoms with Crippen molar-refractivity contribution in [3.63, 3.8) is 0 Å². The number of hydrogen-bond donors (Lipinski definition) is 1. The van der Waals surface area contributed by atoms with E-state index in [-0.39, 0.29) is 30.0 Å². The molecule has 1 aromatic rings. The Hall–Kier alpha value is -1.39. The third kappa shape index (κ3) is 5.11. The monoisotopic (exact) mass is 392 g/mol. The van der Waals surface area contributed by atoms with Gasteiger partial charge in [0, 0.05) is 24.6 Å². The molecule has 2 N–H and O–H groups in total. The first-order chi connectivity index (χ1) is 12.4. The second-order valence-corrected chi connectivity index (χ2v) is 8.59. The van der Waals surface area contributed by atoms with Crippen LogP contribution in [-0.4, -0.2) is 35.2 Å². The Labute approximate surface area is 169 Å². The van der Waals surface area contributed by atoms with Crippen LogP contribution in [0, 0.1) is 11.8 Å². The molecule has 27 heavy (non-hydrogen) atoms. The largest absolute Gasteiger partial charge is 0.341 e. The van der Waals surface area contributed by atoms with Crippen LogP contribution in [0.4, 0.5) is 0 Å². The van der Waals surface area contributed by atoms with Crippen molar-refractivity contribution in [3.8, 4) is 0 Å². The number of nitrogens with zero attached hydrogens (tertiary/aromatic N) is 1. The summed E-state index contributed by atoms with van der Waals surface area (Å²) in [5.41, 5.74) is 7.74. The van der Waals surface area contributed by atoms with Gasteiger partial charge in [-0.2, -0.15) is 0 Å². The van der Waals surface area contributed by atoms with Crippen LogP contribution in [0.25, 0.3) is 0 Å². The number of amides is 1. The second kappa shape index (κ2) is 9.20. The van der Waals surface area contributed by atoms with Gasteiger partial charge in [-0.1, -0.05) is 51.0 Å². The maximum absolute atomic E-state index is 12.8. The molecule has 1 aliphatic heterocycles. The van der Waals surface area contributed by atoms with Crippen molar-refractivity contribution in [3.05, 3.63) is 35.4 Å². The number of nitrogens with two attached hydrogens (primary N) is 1. The van der Waals surface area contributed by atoms with E-state index in [0.717, 1.165) is 50.5 Å². The van der Waals surface area contributed by atoms with Crippen molar-refractivity contribution in [2.45, 2.75) is 64.3 Å². The molecule has 2 fully saturated rings. The van der Waals surface area contributed by atoms with E-state index in [2.05, 4.69) is 26.0 Å². The van der Waals surface area contributed by atoms with Crippen molar-refractivity contribution in [1.29, 1.82) is 0 Å². The average molecular weight is 393 g/mol. The summed E-state index contributed by atoms with van der Waals surface area (Å²) in [6, 6.07) is 8.07. The highest BCUT2D eigenvalue weighted by Crippen LogP contribution is 2.31. The first-order valence-corrected chi connectivity index (χ1v) is 10.1. The Kier molecular flexibility index (Phi) is 7.47. The van der Waals surface area contributed by atoms with Crippen LogP contribution < -0.4 is 5.73 Å². The highest BCUT2D eigenvalue weighted by Gasteiger charge is 2.41. The minimum Gasteiger partial charge on any atom is -0.341 e. The quantitative estimate of drug-likeness (QED) is 0.770. The summed E-state index contributed by atoms with van der Waals surface area (Å²) in [4.78, 5) is 27.4. The van der Waals surface area contributed by atoms with Crippen LogP contribution >= 0.6 is 12.4 Å². The lowest BCUT2D eigenvalue weighted by Crippen LogP contribution is -2.55. The van der Waals surface area contributed by atoms with Gasteiger partial charge in [0.15, 0.2) is 5.78 Å². The number of Topliss-reactive ketones (excluding diaryl/α,β-unsaturated/α-hetero) is 1. The second-order valence-electron chi connectivity index (χ2n) is 8.59. The Morgan fingerprint density at radius 2 is 1.67 bits per heavy atom. The third-order valence-electron chi connectivity index (χ3n) is 5.96. The fourth-order valence-electron chi connectivity index (χ4n) is 4.39. The molecule has 0 bridgehead atoms. The highest BCUT2D eigenvalue weighted by molar-refractivity contribution is 5.98. The summed E-state index contributed by atoms with van der Waals surface area (Å²) in [6.07, 6.45) is 6.22. The normalized spacial score (nSPS) is 19.8. The standard InChI is InChI=1S/C22H32N2O2.ClH/c1-16(2)15-17-5-7-18(8-6-17)20(25)19-9-13-24(14-10-19)21(26)22(23)11-3-4-12-22;/h5-8,16,19H,3-4,9-15,23H2,1-2H3;1H. The fourth-order valence-corrected chi connectivity index (χ4v) is 4.39. The molecule has 1 heterocycles. The molecule has 0 atom stereocenters. The summed E-state index contributed by atoms with van der Waals surface area (Å²) < 4.78 is 0. The lowest BCUT2D eigenvalue weighted by Gasteiger charge is -2.36. The minimum absolute atomic E-state index is 0. The Morgan fingerprint density at radius 1 is 1.11 bits per heavy atom. The third-order valence-corrected chi connectivity index (χ3v) is 5.96. The molecule has 1 amide bonds. The zero-order valence-corrected chi connectivity index (χ0v) is 17.4. The summed E-state index contributed by atoms with van der Waals surface area (Å²) in [7, 11) is 0. The van der Waals surface area contributed by atoms with Gasteiger partial charge in [0.05, 0.1) is 5.54 Å². The maximum Gasteiger partial charge on any atom is 0.242 e. The molecule has 3 rings (SSSR count). The minimum atomic E-state index is -0.650. The van der Waals surface area contributed by atoms with Gasteiger partial charge in [-0.05, 0) is 43.6 Å². The lowest BCUT2D eigenvalue weighted by atomic mass is 9.87. The van der Waals surface area contributed by atoms with Crippen LogP contribution in [0.1, 0.15) is 68.3 Å². The van der Waals surface area contributed by atoms with Gasteiger partial charge in [0.2, 0.25) is 5.91 Å². The van der Waals surface area contributed by atoms with Crippen molar-refractivity contribution in [2.24, 2.45) is 17.6 Å². The number of rotatable bonds is 5. The summed E-state index contributed by atoms with van der Waals surface area (Å²) >= 11 is 0. The number of carbonyl (C=O) groups is 2. The van der Waals surface area contributed by atoms with E-state index in [9.17, 15) is 9.59 Å². The van der Waals surface area contributed by atoms with Gasteiger partial charge in [0.1, 0.15) is 0 Å². The van der Waals surface area contributed by atoms with Crippen molar-refractivity contribution in [1.82, 2.24) is 4.90 Å². The lowest BCUT2D eigenvalue weighted by molar-refractivity contribution is -0.138. The van der Waals surface area contributed by atoms with Crippen molar-refractivity contribution >= 4 is 24.1 Å². The molecule has 1 saturated carbocycles. The average Bonchev–Trinajstić information content (AvgIpc) is 3.09. The number of benzene rings is 1. The summed E-state index contributed by atoms with van der Waals surface area (Å²) in [5.74, 6) is 0.951. The first-order valence-electron chi connectivity index (χ1n) is 10.1. The summed E-state index contributed by atoms with van der Waals surface area (Å²) in [5, 5.41) is 0. The van der Waals surface area contributed by atoms with E-state index in [1.54, 1.807) is 0 Å². The van der Waals surface area contributed by atoms with E-state index in [1.165, 1.54) is 5.56 Å². The van der Waals surface area contributed by atoms with Gasteiger partial charge in [-0.15, -0.1) is 12.4 Å². The molecule has 0 unspecified atom stereocenters. The fraction of sp³-hybridized carbons (Fsp3) is 0.636. The molecule has 1 aromatic carbocycles. The smallest absolute Gasteiger partial charge is 0.242 e. The van der Waals surface area contributed by atoms with E-state index in [0.29, 0.717) is 19.0 Å². The van der Waals surface area contributed by atoms with Gasteiger partial charge in [-0.25, -0.2) is 0 Å². The Morgan fingerprint density at radius 3 is 2.19 bits per heavy atom. The van der Waals surface area contributed by atoms with Crippen LogP contribution in [0.15, 0.2) is 24.3 Å². The number of piperidine rings is 1. The van der Waals surface area contributed by atoms with Gasteiger partial charge >= 0.3 is 0 Å². The van der Waals surface area contributed by atoms with E-state index in [4.69, 9.17) is 5.73 Å². The molecular formula is C22H33ClN2O2. The molecule has 0 spiro atoms. The number of hydrogen-bond acceptors (Lipinski definition) is 3. The predicted molar refractivity (Wildman–Crippen MR) is 111 cm³/mol. The molecule has 150 valence electrons.